The molecule has 0 spiro atoms. The second-order valence-electron chi connectivity index (χ2n) is 5.10. The third-order valence-electron chi connectivity index (χ3n) is 3.72. The van der Waals surface area contributed by atoms with Crippen LogP contribution in [0.15, 0.2) is 27.8 Å². The molecular weight excluding hydrogens is 352 g/mol. The highest BCUT2D eigenvalue weighted by molar-refractivity contribution is 9.10. The van der Waals surface area contributed by atoms with E-state index in [9.17, 15) is 0 Å². The van der Waals surface area contributed by atoms with E-state index in [0.717, 1.165) is 21.1 Å². The average molecular weight is 369 g/mol. The van der Waals surface area contributed by atoms with E-state index in [2.05, 4.69) is 43.6 Å². The van der Waals surface area contributed by atoms with Crippen LogP contribution in [0.3, 0.4) is 0 Å². The molecule has 0 atom stereocenters. The molecule has 5 nitrogen and oxygen atoms in total. The molecular formula is C14H17BrN4OS. The van der Waals surface area contributed by atoms with Crippen molar-refractivity contribution < 1.29 is 4.74 Å². The molecule has 0 radical (unpaired) electrons. The van der Waals surface area contributed by atoms with Crippen LogP contribution in [0.4, 0.5) is 0 Å². The zero-order valence-corrected chi connectivity index (χ0v) is 14.2. The Morgan fingerprint density at radius 2 is 2.19 bits per heavy atom. The molecule has 1 aromatic carbocycles. The SMILES string of the molecule is COc1ccc(CSc2nnnn2C2CCCC2)cc1Br. The Kier molecular flexibility index (Phi) is 4.80. The molecule has 3 rings (SSSR count). The van der Waals surface area contributed by atoms with Crippen molar-refractivity contribution >= 4 is 27.7 Å². The van der Waals surface area contributed by atoms with Crippen molar-refractivity contribution in [3.63, 3.8) is 0 Å². The first-order chi connectivity index (χ1) is 10.3. The lowest BCUT2D eigenvalue weighted by Gasteiger charge is -2.11. The third-order valence-corrected chi connectivity index (χ3v) is 5.34. The molecule has 1 aromatic heterocycles. The van der Waals surface area contributed by atoms with Crippen molar-refractivity contribution in [3.05, 3.63) is 28.2 Å². The summed E-state index contributed by atoms with van der Waals surface area (Å²) >= 11 is 5.20. The number of hydrogen-bond acceptors (Lipinski definition) is 5. The number of nitrogens with zero attached hydrogens (tertiary/aromatic N) is 4. The van der Waals surface area contributed by atoms with Crippen molar-refractivity contribution in [1.82, 2.24) is 20.2 Å². The normalized spacial score (nSPS) is 15.5. The largest absolute Gasteiger partial charge is 0.496 e. The van der Waals surface area contributed by atoms with E-state index in [-0.39, 0.29) is 0 Å². The molecule has 112 valence electrons. The summed E-state index contributed by atoms with van der Waals surface area (Å²) in [5.41, 5.74) is 1.22. The van der Waals surface area contributed by atoms with E-state index in [1.165, 1.54) is 31.2 Å². The summed E-state index contributed by atoms with van der Waals surface area (Å²) in [6.45, 7) is 0. The fourth-order valence-electron chi connectivity index (χ4n) is 2.61. The van der Waals surface area contributed by atoms with Crippen molar-refractivity contribution in [2.24, 2.45) is 0 Å². The summed E-state index contributed by atoms with van der Waals surface area (Å²) in [6, 6.07) is 6.60. The lowest BCUT2D eigenvalue weighted by Crippen LogP contribution is -2.08. The number of aromatic nitrogens is 4. The van der Waals surface area contributed by atoms with Crippen LogP contribution in [-0.4, -0.2) is 27.3 Å². The summed E-state index contributed by atoms with van der Waals surface area (Å²) in [7, 11) is 1.67. The molecule has 0 bridgehead atoms. The van der Waals surface area contributed by atoms with E-state index in [1.54, 1.807) is 18.9 Å². The Hall–Kier alpha value is -1.08. The summed E-state index contributed by atoms with van der Waals surface area (Å²) in [5.74, 6) is 1.69. The van der Waals surface area contributed by atoms with Crippen molar-refractivity contribution in [3.8, 4) is 5.75 Å². The van der Waals surface area contributed by atoms with Crippen LogP contribution >= 0.6 is 27.7 Å². The second kappa shape index (κ2) is 6.79. The first kappa shape index (κ1) is 14.8. The molecule has 1 aliphatic rings. The summed E-state index contributed by atoms with van der Waals surface area (Å²) in [4.78, 5) is 0. The molecule has 1 heterocycles. The van der Waals surface area contributed by atoms with E-state index in [0.29, 0.717) is 6.04 Å². The maximum absolute atomic E-state index is 5.25. The summed E-state index contributed by atoms with van der Waals surface area (Å²) in [6.07, 6.45) is 4.93. The molecule has 0 N–H and O–H groups in total. The highest BCUT2D eigenvalue weighted by atomic mass is 79.9. The van der Waals surface area contributed by atoms with Gasteiger partial charge in [0.25, 0.3) is 0 Å². The number of thioether (sulfide) groups is 1. The van der Waals surface area contributed by atoms with Gasteiger partial charge in [-0.25, -0.2) is 4.68 Å². The standard InChI is InChI=1S/C14H17BrN4OS/c1-20-13-7-6-10(8-12(13)15)9-21-14-16-17-18-19(14)11-4-2-3-5-11/h6-8,11H,2-5,9H2,1H3. The number of benzene rings is 1. The van der Waals surface area contributed by atoms with Gasteiger partial charge in [-0.2, -0.15) is 0 Å². The molecule has 0 saturated heterocycles. The maximum atomic E-state index is 5.25. The van der Waals surface area contributed by atoms with Crippen LogP contribution in [0.2, 0.25) is 0 Å². The molecule has 21 heavy (non-hydrogen) atoms. The van der Waals surface area contributed by atoms with Gasteiger partial charge in [0.05, 0.1) is 17.6 Å². The minimum absolute atomic E-state index is 0.477. The summed E-state index contributed by atoms with van der Waals surface area (Å²) in [5, 5.41) is 13.1. The van der Waals surface area contributed by atoms with Gasteiger partial charge in [-0.05, 0) is 56.9 Å². The summed E-state index contributed by atoms with van der Waals surface area (Å²) < 4.78 is 8.21. The van der Waals surface area contributed by atoms with Crippen LogP contribution < -0.4 is 4.74 Å². The minimum Gasteiger partial charge on any atom is -0.496 e. The highest BCUT2D eigenvalue weighted by Crippen LogP contribution is 2.33. The van der Waals surface area contributed by atoms with Gasteiger partial charge in [-0.15, -0.1) is 5.10 Å². The van der Waals surface area contributed by atoms with Gasteiger partial charge in [0.1, 0.15) is 5.75 Å². The number of halogens is 1. The smallest absolute Gasteiger partial charge is 0.209 e. The van der Waals surface area contributed by atoms with Crippen LogP contribution in [0.25, 0.3) is 0 Å². The van der Waals surface area contributed by atoms with Crippen LogP contribution in [0.5, 0.6) is 5.75 Å². The topological polar surface area (TPSA) is 52.8 Å². The lowest BCUT2D eigenvalue weighted by molar-refractivity contribution is 0.412. The van der Waals surface area contributed by atoms with Crippen LogP contribution in [0, 0.1) is 0 Å². The van der Waals surface area contributed by atoms with Crippen molar-refractivity contribution in [1.29, 1.82) is 0 Å². The molecule has 1 fully saturated rings. The fraction of sp³-hybridized carbons (Fsp3) is 0.500. The lowest BCUT2D eigenvalue weighted by atomic mass is 10.2. The van der Waals surface area contributed by atoms with Crippen molar-refractivity contribution in [2.45, 2.75) is 42.6 Å². The number of tetrazole rings is 1. The van der Waals surface area contributed by atoms with Gasteiger partial charge in [-0.1, -0.05) is 30.7 Å². The molecule has 7 heteroatoms. The highest BCUT2D eigenvalue weighted by Gasteiger charge is 2.21. The first-order valence-corrected chi connectivity index (χ1v) is 8.79. The van der Waals surface area contributed by atoms with Gasteiger partial charge < -0.3 is 4.74 Å². The van der Waals surface area contributed by atoms with E-state index < -0.39 is 0 Å². The predicted octanol–water partition coefficient (Wildman–Crippen LogP) is 3.85. The van der Waals surface area contributed by atoms with Gasteiger partial charge in [0, 0.05) is 5.75 Å². The molecule has 0 amide bonds. The average Bonchev–Trinajstić information content (AvgIpc) is 3.16. The number of ether oxygens (including phenoxy) is 1. The zero-order valence-electron chi connectivity index (χ0n) is 11.8. The first-order valence-electron chi connectivity index (χ1n) is 7.01. The van der Waals surface area contributed by atoms with E-state index in [4.69, 9.17) is 4.74 Å². The maximum Gasteiger partial charge on any atom is 0.209 e. The number of rotatable bonds is 5. The Morgan fingerprint density at radius 1 is 1.38 bits per heavy atom. The van der Waals surface area contributed by atoms with E-state index >= 15 is 0 Å². The van der Waals surface area contributed by atoms with E-state index in [1.807, 2.05) is 10.7 Å². The van der Waals surface area contributed by atoms with Gasteiger partial charge in [-0.3, -0.25) is 0 Å². The molecule has 1 saturated carbocycles. The van der Waals surface area contributed by atoms with Crippen LogP contribution in [0.1, 0.15) is 37.3 Å². The Bertz CT molecular complexity index is 613. The zero-order chi connectivity index (χ0) is 14.7. The van der Waals surface area contributed by atoms with Crippen molar-refractivity contribution in [2.75, 3.05) is 7.11 Å². The molecule has 0 aliphatic heterocycles. The quantitative estimate of drug-likeness (QED) is 0.750. The van der Waals surface area contributed by atoms with Gasteiger partial charge >= 0.3 is 0 Å². The molecule has 0 unspecified atom stereocenters. The number of hydrogen-bond donors (Lipinski definition) is 0. The Balaban J connectivity index is 1.68. The fourth-order valence-corrected chi connectivity index (χ4v) is 4.08. The van der Waals surface area contributed by atoms with Crippen LogP contribution in [-0.2, 0) is 5.75 Å². The third kappa shape index (κ3) is 3.40. The number of methoxy groups -OCH3 is 1. The van der Waals surface area contributed by atoms with Gasteiger partial charge in [0.15, 0.2) is 0 Å². The Morgan fingerprint density at radius 3 is 2.90 bits per heavy atom. The minimum atomic E-state index is 0.477. The second-order valence-corrected chi connectivity index (χ2v) is 6.90. The monoisotopic (exact) mass is 368 g/mol. The molecule has 1 aliphatic carbocycles. The predicted molar refractivity (Wildman–Crippen MR) is 85.6 cm³/mol. The van der Waals surface area contributed by atoms with Gasteiger partial charge in [0.2, 0.25) is 5.16 Å². The molecule has 2 aromatic rings. The Labute approximate surface area is 136 Å².